The maximum Gasteiger partial charge on any atom is 0.244 e. The van der Waals surface area contributed by atoms with Crippen molar-refractivity contribution in [2.24, 2.45) is 5.73 Å². The van der Waals surface area contributed by atoms with Crippen LogP contribution >= 0.6 is 11.8 Å². The first kappa shape index (κ1) is 12.5. The van der Waals surface area contributed by atoms with Gasteiger partial charge in [0.2, 0.25) is 5.91 Å². The number of amides is 1. The normalized spacial score (nSPS) is 21.2. The maximum absolute atomic E-state index is 12.2. The van der Waals surface area contributed by atoms with Crippen LogP contribution in [-0.4, -0.2) is 35.4 Å². The lowest BCUT2D eigenvalue weighted by atomic mass is 10.1. The third-order valence-electron chi connectivity index (χ3n) is 3.23. The minimum absolute atomic E-state index is 0.0173. The number of thioether (sulfide) groups is 1. The third-order valence-corrected chi connectivity index (χ3v) is 4.37. The molecule has 3 nitrogen and oxygen atoms in total. The van der Waals surface area contributed by atoms with E-state index in [1.165, 1.54) is 0 Å². The SMILES string of the molecule is CN(C(=O)[C@@H](N)c1ccccc1)C1CCSC1. The highest BCUT2D eigenvalue weighted by molar-refractivity contribution is 7.99. The summed E-state index contributed by atoms with van der Waals surface area (Å²) >= 11 is 1.90. The molecule has 2 rings (SSSR count). The van der Waals surface area contributed by atoms with Crippen molar-refractivity contribution in [3.05, 3.63) is 35.9 Å². The van der Waals surface area contributed by atoms with E-state index in [-0.39, 0.29) is 5.91 Å². The van der Waals surface area contributed by atoms with E-state index in [0.717, 1.165) is 23.5 Å². The molecule has 0 radical (unpaired) electrons. The van der Waals surface area contributed by atoms with Crippen LogP contribution in [0.4, 0.5) is 0 Å². The first-order valence-electron chi connectivity index (χ1n) is 5.85. The second-order valence-corrected chi connectivity index (χ2v) is 5.50. The van der Waals surface area contributed by atoms with Gasteiger partial charge in [-0.15, -0.1) is 0 Å². The van der Waals surface area contributed by atoms with Crippen LogP contribution < -0.4 is 5.73 Å². The fourth-order valence-corrected chi connectivity index (χ4v) is 3.30. The molecule has 1 heterocycles. The molecule has 0 spiro atoms. The van der Waals surface area contributed by atoms with Gasteiger partial charge in [0.1, 0.15) is 6.04 Å². The molecular weight excluding hydrogens is 232 g/mol. The molecule has 0 bridgehead atoms. The number of likely N-dealkylation sites (N-methyl/N-ethyl adjacent to an activating group) is 1. The molecule has 0 aromatic heterocycles. The Morgan fingerprint density at radius 1 is 1.47 bits per heavy atom. The smallest absolute Gasteiger partial charge is 0.244 e. The molecule has 1 saturated heterocycles. The van der Waals surface area contributed by atoms with E-state index < -0.39 is 6.04 Å². The fourth-order valence-electron chi connectivity index (χ4n) is 2.03. The Hall–Kier alpha value is -1.00. The average molecular weight is 250 g/mol. The lowest BCUT2D eigenvalue weighted by Crippen LogP contribution is -2.42. The van der Waals surface area contributed by atoms with Crippen molar-refractivity contribution in [1.82, 2.24) is 4.90 Å². The van der Waals surface area contributed by atoms with E-state index in [0.29, 0.717) is 6.04 Å². The van der Waals surface area contributed by atoms with Crippen LogP contribution in [0.5, 0.6) is 0 Å². The average Bonchev–Trinajstić information content (AvgIpc) is 2.91. The van der Waals surface area contributed by atoms with Crippen molar-refractivity contribution in [2.75, 3.05) is 18.6 Å². The molecule has 0 saturated carbocycles. The lowest BCUT2D eigenvalue weighted by Gasteiger charge is -2.26. The standard InChI is InChI=1S/C13H18N2OS/c1-15(11-7-8-17-9-11)13(16)12(14)10-5-3-2-4-6-10/h2-6,11-12H,7-9,14H2,1H3/t11?,12-/m0/s1. The van der Waals surface area contributed by atoms with Gasteiger partial charge >= 0.3 is 0 Å². The van der Waals surface area contributed by atoms with Crippen LogP contribution in [0.15, 0.2) is 30.3 Å². The van der Waals surface area contributed by atoms with E-state index in [2.05, 4.69) is 0 Å². The second kappa shape index (κ2) is 5.56. The lowest BCUT2D eigenvalue weighted by molar-refractivity contribution is -0.133. The van der Waals surface area contributed by atoms with Crippen LogP contribution in [0.25, 0.3) is 0 Å². The first-order chi connectivity index (χ1) is 8.20. The van der Waals surface area contributed by atoms with Crippen LogP contribution in [-0.2, 0) is 4.79 Å². The predicted octanol–water partition coefficient (Wildman–Crippen LogP) is 1.65. The zero-order chi connectivity index (χ0) is 12.3. The molecule has 1 aromatic rings. The van der Waals surface area contributed by atoms with Crippen molar-refractivity contribution in [2.45, 2.75) is 18.5 Å². The summed E-state index contributed by atoms with van der Waals surface area (Å²) in [4.78, 5) is 14.0. The highest BCUT2D eigenvalue weighted by atomic mass is 32.2. The van der Waals surface area contributed by atoms with Gasteiger partial charge in [0.05, 0.1) is 0 Å². The van der Waals surface area contributed by atoms with Crippen LogP contribution in [0.3, 0.4) is 0 Å². The number of benzene rings is 1. The highest BCUT2D eigenvalue weighted by Crippen LogP contribution is 2.23. The zero-order valence-electron chi connectivity index (χ0n) is 10.0. The Kier molecular flexibility index (Phi) is 4.07. The molecule has 0 aliphatic carbocycles. The summed E-state index contributed by atoms with van der Waals surface area (Å²) in [6.07, 6.45) is 1.08. The number of hydrogen-bond donors (Lipinski definition) is 1. The van der Waals surface area contributed by atoms with E-state index in [9.17, 15) is 4.79 Å². The number of nitrogens with two attached hydrogens (primary N) is 1. The van der Waals surface area contributed by atoms with Gasteiger partial charge in [-0.3, -0.25) is 4.79 Å². The Morgan fingerprint density at radius 2 is 2.18 bits per heavy atom. The van der Waals surface area contributed by atoms with Crippen molar-refractivity contribution in [1.29, 1.82) is 0 Å². The molecule has 1 aromatic carbocycles. The van der Waals surface area contributed by atoms with Gasteiger partial charge in [-0.05, 0) is 17.7 Å². The van der Waals surface area contributed by atoms with Crippen molar-refractivity contribution in [3.63, 3.8) is 0 Å². The number of rotatable bonds is 3. The molecule has 1 fully saturated rings. The Bertz CT molecular complexity index is 376. The van der Waals surface area contributed by atoms with Gasteiger partial charge < -0.3 is 10.6 Å². The molecule has 2 N–H and O–H groups in total. The summed E-state index contributed by atoms with van der Waals surface area (Å²) in [5.74, 6) is 2.19. The molecule has 2 atom stereocenters. The maximum atomic E-state index is 12.2. The third kappa shape index (κ3) is 2.82. The Morgan fingerprint density at radius 3 is 2.76 bits per heavy atom. The fraction of sp³-hybridized carbons (Fsp3) is 0.462. The summed E-state index contributed by atoms with van der Waals surface area (Å²) in [6.45, 7) is 0. The quantitative estimate of drug-likeness (QED) is 0.887. The number of carbonyl (C=O) groups is 1. The van der Waals surface area contributed by atoms with E-state index >= 15 is 0 Å². The minimum atomic E-state index is -0.535. The molecule has 1 aliphatic rings. The topological polar surface area (TPSA) is 46.3 Å². The Balaban J connectivity index is 2.04. The van der Waals surface area contributed by atoms with Gasteiger partial charge in [-0.1, -0.05) is 30.3 Å². The molecule has 92 valence electrons. The van der Waals surface area contributed by atoms with Crippen LogP contribution in [0.2, 0.25) is 0 Å². The molecule has 1 aliphatic heterocycles. The van der Waals surface area contributed by atoms with Crippen molar-refractivity contribution < 1.29 is 4.79 Å². The monoisotopic (exact) mass is 250 g/mol. The summed E-state index contributed by atoms with van der Waals surface area (Å²) < 4.78 is 0. The van der Waals surface area contributed by atoms with Gasteiger partial charge in [0, 0.05) is 18.8 Å². The van der Waals surface area contributed by atoms with Crippen molar-refractivity contribution >= 4 is 17.7 Å². The zero-order valence-corrected chi connectivity index (χ0v) is 10.8. The largest absolute Gasteiger partial charge is 0.340 e. The van der Waals surface area contributed by atoms with Gasteiger partial charge in [-0.2, -0.15) is 11.8 Å². The summed E-state index contributed by atoms with van der Waals surface area (Å²) in [5.41, 5.74) is 6.89. The summed E-state index contributed by atoms with van der Waals surface area (Å²) in [7, 11) is 1.86. The minimum Gasteiger partial charge on any atom is -0.340 e. The molecule has 1 unspecified atom stereocenters. The number of carbonyl (C=O) groups excluding carboxylic acids is 1. The van der Waals surface area contributed by atoms with Gasteiger partial charge in [-0.25, -0.2) is 0 Å². The van der Waals surface area contributed by atoms with Gasteiger partial charge in [0.25, 0.3) is 0 Å². The molecule has 4 heteroatoms. The highest BCUT2D eigenvalue weighted by Gasteiger charge is 2.27. The summed E-state index contributed by atoms with van der Waals surface area (Å²) in [6, 6.07) is 9.37. The van der Waals surface area contributed by atoms with E-state index in [1.54, 1.807) is 0 Å². The molecular formula is C13H18N2OS. The number of nitrogens with zero attached hydrogens (tertiary/aromatic N) is 1. The van der Waals surface area contributed by atoms with E-state index in [4.69, 9.17) is 5.73 Å². The van der Waals surface area contributed by atoms with Gasteiger partial charge in [0.15, 0.2) is 0 Å². The molecule has 1 amide bonds. The number of hydrogen-bond acceptors (Lipinski definition) is 3. The van der Waals surface area contributed by atoms with E-state index in [1.807, 2.05) is 54.0 Å². The Labute approximate surface area is 106 Å². The van der Waals surface area contributed by atoms with Crippen LogP contribution in [0.1, 0.15) is 18.0 Å². The van der Waals surface area contributed by atoms with Crippen LogP contribution in [0, 0.1) is 0 Å². The summed E-state index contributed by atoms with van der Waals surface area (Å²) in [5, 5.41) is 0. The second-order valence-electron chi connectivity index (χ2n) is 4.35. The predicted molar refractivity (Wildman–Crippen MR) is 71.9 cm³/mol. The first-order valence-corrected chi connectivity index (χ1v) is 7.00. The molecule has 17 heavy (non-hydrogen) atoms. The van der Waals surface area contributed by atoms with Crippen molar-refractivity contribution in [3.8, 4) is 0 Å².